The van der Waals surface area contributed by atoms with Gasteiger partial charge < -0.3 is 14.1 Å². The van der Waals surface area contributed by atoms with Crippen molar-refractivity contribution in [2.24, 2.45) is 7.05 Å². The van der Waals surface area contributed by atoms with E-state index in [0.717, 1.165) is 55.2 Å². The van der Waals surface area contributed by atoms with Crippen molar-refractivity contribution < 1.29 is 9.52 Å². The Morgan fingerprint density at radius 3 is 2.96 bits per heavy atom. The molecule has 1 aliphatic heterocycles. The smallest absolute Gasteiger partial charge is 0.198 e. The highest BCUT2D eigenvalue weighted by molar-refractivity contribution is 7.99. The first-order valence-electron chi connectivity index (χ1n) is 9.41. The molecule has 0 amide bonds. The van der Waals surface area contributed by atoms with E-state index in [1.165, 1.54) is 16.6 Å². The van der Waals surface area contributed by atoms with Crippen molar-refractivity contribution in [1.29, 1.82) is 0 Å². The molecule has 0 aromatic carbocycles. The zero-order valence-electron chi connectivity index (χ0n) is 15.9. The van der Waals surface area contributed by atoms with Crippen LogP contribution < -0.4 is 0 Å². The van der Waals surface area contributed by atoms with Crippen LogP contribution in [0, 0.1) is 0 Å². The molecule has 28 heavy (non-hydrogen) atoms. The monoisotopic (exact) mass is 419 g/mol. The van der Waals surface area contributed by atoms with Crippen LogP contribution in [-0.4, -0.2) is 62.0 Å². The van der Waals surface area contributed by atoms with Gasteiger partial charge in [0.2, 0.25) is 0 Å². The van der Waals surface area contributed by atoms with Gasteiger partial charge in [-0.2, -0.15) is 0 Å². The number of rotatable bonds is 8. The third kappa shape index (κ3) is 4.84. The Bertz CT molecular complexity index is 863. The van der Waals surface area contributed by atoms with Gasteiger partial charge >= 0.3 is 0 Å². The van der Waals surface area contributed by atoms with Crippen LogP contribution in [0.25, 0.3) is 0 Å². The second-order valence-corrected chi connectivity index (χ2v) is 9.00. The Hall–Kier alpha value is -1.65. The first-order chi connectivity index (χ1) is 13.7. The Kier molecular flexibility index (Phi) is 6.48. The molecule has 1 aliphatic rings. The summed E-state index contributed by atoms with van der Waals surface area (Å²) in [5.74, 6) is 0.958. The fourth-order valence-corrected chi connectivity index (χ4v) is 4.98. The third-order valence-electron chi connectivity index (χ3n) is 4.97. The zero-order chi connectivity index (χ0) is 19.3. The number of aliphatic hydroxyl groups excluding tert-OH is 1. The van der Waals surface area contributed by atoms with Gasteiger partial charge in [-0.15, -0.1) is 21.5 Å². The normalized spacial score (nSPS) is 18.7. The molecule has 0 unspecified atom stereocenters. The summed E-state index contributed by atoms with van der Waals surface area (Å²) in [6.45, 7) is 4.92. The second kappa shape index (κ2) is 9.23. The molecule has 1 N–H and O–H groups in total. The van der Waals surface area contributed by atoms with Crippen LogP contribution in [0.4, 0.5) is 0 Å². The second-order valence-electron chi connectivity index (χ2n) is 7.00. The lowest BCUT2D eigenvalue weighted by Gasteiger charge is -2.41. The van der Waals surface area contributed by atoms with Gasteiger partial charge in [-0.1, -0.05) is 6.07 Å². The van der Waals surface area contributed by atoms with Crippen molar-refractivity contribution in [1.82, 2.24) is 24.6 Å². The SMILES string of the molecule is Cn1cnnc1Sc1ccc(CN2CCN(Cc3cccs3)[C@H](CCO)C2)o1. The molecule has 0 aliphatic carbocycles. The fourth-order valence-electron chi connectivity index (χ4n) is 3.51. The van der Waals surface area contributed by atoms with Crippen LogP contribution in [0.2, 0.25) is 0 Å². The van der Waals surface area contributed by atoms with Crippen molar-refractivity contribution in [3.63, 3.8) is 0 Å². The van der Waals surface area contributed by atoms with E-state index >= 15 is 0 Å². The topological polar surface area (TPSA) is 70.6 Å². The molecule has 1 saturated heterocycles. The minimum atomic E-state index is 0.221. The number of furan rings is 1. The molecule has 7 nitrogen and oxygen atoms in total. The number of piperazine rings is 1. The zero-order valence-corrected chi connectivity index (χ0v) is 17.5. The number of aryl methyl sites for hydroxylation is 1. The molecule has 150 valence electrons. The molecule has 0 saturated carbocycles. The van der Waals surface area contributed by atoms with Crippen molar-refractivity contribution in [2.45, 2.75) is 35.8 Å². The molecule has 0 bridgehead atoms. The highest BCUT2D eigenvalue weighted by atomic mass is 32.2. The molecule has 4 rings (SSSR count). The summed E-state index contributed by atoms with van der Waals surface area (Å²) in [6, 6.07) is 8.69. The predicted molar refractivity (Wildman–Crippen MR) is 109 cm³/mol. The van der Waals surface area contributed by atoms with E-state index in [-0.39, 0.29) is 6.61 Å². The van der Waals surface area contributed by atoms with E-state index in [9.17, 15) is 5.11 Å². The van der Waals surface area contributed by atoms with E-state index in [4.69, 9.17) is 4.42 Å². The summed E-state index contributed by atoms with van der Waals surface area (Å²) in [6.07, 6.45) is 2.48. The fraction of sp³-hybridized carbons (Fsp3) is 0.474. The molecule has 0 spiro atoms. The maximum atomic E-state index is 9.51. The molecule has 9 heteroatoms. The van der Waals surface area contributed by atoms with Crippen molar-refractivity contribution in [3.05, 3.63) is 46.6 Å². The predicted octanol–water partition coefficient (Wildman–Crippen LogP) is 2.69. The summed E-state index contributed by atoms with van der Waals surface area (Å²) in [5.41, 5.74) is 0. The minimum absolute atomic E-state index is 0.221. The number of hydrogen-bond donors (Lipinski definition) is 1. The van der Waals surface area contributed by atoms with Gasteiger partial charge in [0, 0.05) is 50.8 Å². The van der Waals surface area contributed by atoms with Gasteiger partial charge in [0.05, 0.1) is 6.54 Å². The Morgan fingerprint density at radius 1 is 1.29 bits per heavy atom. The lowest BCUT2D eigenvalue weighted by molar-refractivity contribution is 0.0470. The molecule has 0 radical (unpaired) electrons. The number of aromatic nitrogens is 3. The van der Waals surface area contributed by atoms with Gasteiger partial charge in [-0.05, 0) is 41.8 Å². The van der Waals surface area contributed by atoms with Gasteiger partial charge in [-0.3, -0.25) is 9.80 Å². The summed E-state index contributed by atoms with van der Waals surface area (Å²) < 4.78 is 7.88. The van der Waals surface area contributed by atoms with E-state index in [2.05, 4.69) is 37.5 Å². The van der Waals surface area contributed by atoms with Crippen LogP contribution in [0.1, 0.15) is 17.1 Å². The standard InChI is InChI=1S/C19H25N5O2S2/c1-22-14-20-21-19(22)28-18-5-4-16(26-18)12-23-7-8-24(15(11-23)6-9-25)13-17-3-2-10-27-17/h2-5,10,14-15,25H,6-9,11-13H2,1H3/t15-/m1/s1. The number of aliphatic hydroxyl groups is 1. The summed E-state index contributed by atoms with van der Waals surface area (Å²) in [5, 5.41) is 21.3. The van der Waals surface area contributed by atoms with Crippen LogP contribution in [-0.2, 0) is 20.1 Å². The average Bonchev–Trinajstić information content (AvgIpc) is 3.42. The van der Waals surface area contributed by atoms with Gasteiger partial charge in [-0.25, -0.2) is 0 Å². The third-order valence-corrected chi connectivity index (χ3v) is 6.80. The summed E-state index contributed by atoms with van der Waals surface area (Å²) in [7, 11) is 1.92. The lowest BCUT2D eigenvalue weighted by Crippen LogP contribution is -2.52. The van der Waals surface area contributed by atoms with Crippen LogP contribution in [0.5, 0.6) is 0 Å². The van der Waals surface area contributed by atoms with Crippen LogP contribution in [0.3, 0.4) is 0 Å². The first kappa shape index (κ1) is 19.7. The maximum Gasteiger partial charge on any atom is 0.198 e. The maximum absolute atomic E-state index is 9.51. The highest BCUT2D eigenvalue weighted by Crippen LogP contribution is 2.28. The van der Waals surface area contributed by atoms with E-state index in [1.807, 2.05) is 23.7 Å². The summed E-state index contributed by atoms with van der Waals surface area (Å²) in [4.78, 5) is 6.30. The Balaban J connectivity index is 1.34. The Labute approximate surface area is 173 Å². The van der Waals surface area contributed by atoms with E-state index in [0.29, 0.717) is 6.04 Å². The molecular formula is C19H25N5O2S2. The molecular weight excluding hydrogens is 394 g/mol. The van der Waals surface area contributed by atoms with E-state index < -0.39 is 0 Å². The van der Waals surface area contributed by atoms with Crippen molar-refractivity contribution in [2.75, 3.05) is 26.2 Å². The molecule has 1 fully saturated rings. The van der Waals surface area contributed by atoms with Crippen molar-refractivity contribution in [3.8, 4) is 0 Å². The van der Waals surface area contributed by atoms with E-state index in [1.54, 1.807) is 17.7 Å². The van der Waals surface area contributed by atoms with Crippen LogP contribution >= 0.6 is 23.1 Å². The van der Waals surface area contributed by atoms with Crippen molar-refractivity contribution >= 4 is 23.1 Å². The quantitative estimate of drug-likeness (QED) is 0.602. The number of hydrogen-bond acceptors (Lipinski definition) is 8. The minimum Gasteiger partial charge on any atom is -0.453 e. The molecule has 4 heterocycles. The largest absolute Gasteiger partial charge is 0.453 e. The van der Waals surface area contributed by atoms with Gasteiger partial charge in [0.1, 0.15) is 12.1 Å². The molecule has 3 aromatic heterocycles. The van der Waals surface area contributed by atoms with Crippen LogP contribution in [0.15, 0.2) is 50.6 Å². The Morgan fingerprint density at radius 2 is 2.21 bits per heavy atom. The van der Waals surface area contributed by atoms with Gasteiger partial charge in [0.25, 0.3) is 0 Å². The van der Waals surface area contributed by atoms with Gasteiger partial charge in [0.15, 0.2) is 10.2 Å². The molecule has 3 aromatic rings. The number of thiophene rings is 1. The average molecular weight is 420 g/mol. The number of nitrogens with zero attached hydrogens (tertiary/aromatic N) is 5. The molecule has 1 atom stereocenters. The highest BCUT2D eigenvalue weighted by Gasteiger charge is 2.27. The summed E-state index contributed by atoms with van der Waals surface area (Å²) >= 11 is 3.28. The first-order valence-corrected chi connectivity index (χ1v) is 11.1. The lowest BCUT2D eigenvalue weighted by atomic mass is 10.1.